The second-order valence-electron chi connectivity index (χ2n) is 6.58. The van der Waals surface area contributed by atoms with Gasteiger partial charge in [0, 0.05) is 11.3 Å². The van der Waals surface area contributed by atoms with Crippen LogP contribution in [0, 0.1) is 23.2 Å². The van der Waals surface area contributed by atoms with Crippen molar-refractivity contribution in [2.45, 2.75) is 52.2 Å². The Labute approximate surface area is 108 Å². The van der Waals surface area contributed by atoms with Crippen LogP contribution in [0.5, 0.6) is 0 Å². The molecule has 3 rings (SSSR count). The molecule has 1 N–H and O–H groups in total. The van der Waals surface area contributed by atoms with Gasteiger partial charge in [0.15, 0.2) is 0 Å². The van der Waals surface area contributed by atoms with Crippen LogP contribution in [0.4, 0.5) is 0 Å². The summed E-state index contributed by atoms with van der Waals surface area (Å²) >= 11 is 0. The highest BCUT2D eigenvalue weighted by atomic mass is 16.6. The number of esters is 1. The highest BCUT2D eigenvalue weighted by molar-refractivity contribution is 5.75. The number of aliphatic hydroxyl groups excluding tert-OH is 1. The molecule has 1 aliphatic heterocycles. The van der Waals surface area contributed by atoms with Gasteiger partial charge in [0.05, 0.1) is 12.0 Å². The third-order valence-electron chi connectivity index (χ3n) is 5.44. The van der Waals surface area contributed by atoms with E-state index in [9.17, 15) is 9.90 Å². The van der Waals surface area contributed by atoms with Gasteiger partial charge in [-0.2, -0.15) is 0 Å². The summed E-state index contributed by atoms with van der Waals surface area (Å²) in [6, 6.07) is 0. The fourth-order valence-corrected chi connectivity index (χ4v) is 4.11. The molecule has 1 saturated heterocycles. The van der Waals surface area contributed by atoms with Crippen LogP contribution >= 0.6 is 0 Å². The lowest BCUT2D eigenvalue weighted by Crippen LogP contribution is -2.46. The van der Waals surface area contributed by atoms with Gasteiger partial charge in [-0.05, 0) is 25.2 Å². The minimum atomic E-state index is -0.296. The molecule has 1 heterocycles. The molecule has 0 amide bonds. The average Bonchev–Trinajstić information content (AvgIpc) is 2.58. The van der Waals surface area contributed by atoms with Crippen LogP contribution in [-0.2, 0) is 9.53 Å². The van der Waals surface area contributed by atoms with Crippen LogP contribution in [0.15, 0.2) is 11.6 Å². The molecular weight excluding hydrogens is 228 g/mol. The van der Waals surface area contributed by atoms with E-state index in [4.69, 9.17) is 4.74 Å². The molecule has 3 aliphatic rings. The van der Waals surface area contributed by atoms with Crippen LogP contribution in [-0.4, -0.2) is 23.3 Å². The first kappa shape index (κ1) is 12.2. The van der Waals surface area contributed by atoms with Crippen molar-refractivity contribution in [2.75, 3.05) is 0 Å². The number of aliphatic hydroxyl groups is 1. The minimum Gasteiger partial charge on any atom is -0.461 e. The molecule has 3 nitrogen and oxygen atoms in total. The molecule has 0 spiro atoms. The molecule has 0 bridgehead atoms. The molecule has 2 fully saturated rings. The summed E-state index contributed by atoms with van der Waals surface area (Å²) in [7, 11) is 0. The standard InChI is InChI=1S/C15H22O3/c1-8-4-5-13(16)15(3)7-12-10(6-11(8)15)9(2)14(17)18-12/h6,8-10,12-13,16H,4-5,7H2,1-3H3/t8?,9-,10-,12-,13?,15+/m1/s1. The van der Waals surface area contributed by atoms with E-state index in [0.717, 1.165) is 19.3 Å². The molecular formula is C15H22O3. The predicted octanol–water partition coefficient (Wildman–Crippen LogP) is 2.29. The number of rotatable bonds is 0. The van der Waals surface area contributed by atoms with E-state index in [1.165, 1.54) is 5.57 Å². The van der Waals surface area contributed by atoms with Crippen molar-refractivity contribution in [3.63, 3.8) is 0 Å². The maximum Gasteiger partial charge on any atom is 0.309 e. The van der Waals surface area contributed by atoms with Crippen LogP contribution in [0.2, 0.25) is 0 Å². The Morgan fingerprint density at radius 2 is 2.11 bits per heavy atom. The smallest absolute Gasteiger partial charge is 0.309 e. The van der Waals surface area contributed by atoms with Gasteiger partial charge in [0.1, 0.15) is 6.10 Å². The topological polar surface area (TPSA) is 46.5 Å². The van der Waals surface area contributed by atoms with Crippen molar-refractivity contribution < 1.29 is 14.6 Å². The van der Waals surface area contributed by atoms with Gasteiger partial charge < -0.3 is 9.84 Å². The van der Waals surface area contributed by atoms with Crippen molar-refractivity contribution >= 4 is 5.97 Å². The zero-order chi connectivity index (χ0) is 13.1. The van der Waals surface area contributed by atoms with Crippen molar-refractivity contribution in [3.8, 4) is 0 Å². The number of ether oxygens (including phenoxy) is 1. The van der Waals surface area contributed by atoms with Crippen LogP contribution in [0.3, 0.4) is 0 Å². The molecule has 2 unspecified atom stereocenters. The number of hydrogen-bond acceptors (Lipinski definition) is 3. The van der Waals surface area contributed by atoms with E-state index in [0.29, 0.717) is 5.92 Å². The Morgan fingerprint density at radius 3 is 2.83 bits per heavy atom. The number of hydrogen-bond donors (Lipinski definition) is 1. The van der Waals surface area contributed by atoms with Gasteiger partial charge in [0.2, 0.25) is 0 Å². The quantitative estimate of drug-likeness (QED) is 0.530. The number of fused-ring (bicyclic) bond motifs is 2. The molecule has 0 aromatic rings. The maximum absolute atomic E-state index is 11.7. The van der Waals surface area contributed by atoms with Crippen molar-refractivity contribution in [1.29, 1.82) is 0 Å². The average molecular weight is 250 g/mol. The normalized spacial score (nSPS) is 51.2. The highest BCUT2D eigenvalue weighted by Crippen LogP contribution is 2.53. The zero-order valence-electron chi connectivity index (χ0n) is 11.3. The largest absolute Gasteiger partial charge is 0.461 e. The lowest BCUT2D eigenvalue weighted by atomic mass is 9.58. The van der Waals surface area contributed by atoms with E-state index in [1.807, 2.05) is 6.92 Å². The van der Waals surface area contributed by atoms with Gasteiger partial charge in [0.25, 0.3) is 0 Å². The van der Waals surface area contributed by atoms with Gasteiger partial charge in [-0.15, -0.1) is 0 Å². The van der Waals surface area contributed by atoms with E-state index >= 15 is 0 Å². The SMILES string of the molecule is CC1CCC(O)[C@@]2(C)C[C@H]3OC(=O)[C@H](C)[C@H]3C=C12. The summed E-state index contributed by atoms with van der Waals surface area (Å²) in [5, 5.41) is 10.4. The fourth-order valence-electron chi connectivity index (χ4n) is 4.11. The molecule has 1 saturated carbocycles. The van der Waals surface area contributed by atoms with E-state index < -0.39 is 0 Å². The number of carbonyl (C=O) groups excluding carboxylic acids is 1. The Morgan fingerprint density at radius 1 is 1.39 bits per heavy atom. The maximum atomic E-state index is 11.7. The molecule has 3 heteroatoms. The van der Waals surface area contributed by atoms with Crippen molar-refractivity contribution in [1.82, 2.24) is 0 Å². The first-order valence-corrected chi connectivity index (χ1v) is 7.04. The summed E-state index contributed by atoms with van der Waals surface area (Å²) < 4.78 is 5.48. The lowest BCUT2D eigenvalue weighted by molar-refractivity contribution is -0.145. The third-order valence-corrected chi connectivity index (χ3v) is 5.44. The Kier molecular flexibility index (Phi) is 2.60. The van der Waals surface area contributed by atoms with Gasteiger partial charge in [-0.25, -0.2) is 0 Å². The van der Waals surface area contributed by atoms with Gasteiger partial charge in [-0.1, -0.05) is 32.4 Å². The first-order chi connectivity index (χ1) is 8.43. The van der Waals surface area contributed by atoms with Crippen LogP contribution in [0.1, 0.15) is 40.0 Å². The highest BCUT2D eigenvalue weighted by Gasteiger charge is 2.53. The summed E-state index contributed by atoms with van der Waals surface area (Å²) in [5.74, 6) is 0.625. The Bertz CT molecular complexity index is 414. The lowest BCUT2D eigenvalue weighted by Gasteiger charge is -2.48. The second kappa shape index (κ2) is 3.83. The van der Waals surface area contributed by atoms with Gasteiger partial charge >= 0.3 is 5.97 Å². The summed E-state index contributed by atoms with van der Waals surface area (Å²) in [6.45, 7) is 6.32. The summed E-state index contributed by atoms with van der Waals surface area (Å²) in [4.78, 5) is 11.7. The summed E-state index contributed by atoms with van der Waals surface area (Å²) in [5.41, 5.74) is 1.16. The Balaban J connectivity index is 2.01. The monoisotopic (exact) mass is 250 g/mol. The molecule has 2 aliphatic carbocycles. The molecule has 0 aromatic carbocycles. The number of carbonyl (C=O) groups is 1. The van der Waals surface area contributed by atoms with Crippen LogP contribution < -0.4 is 0 Å². The first-order valence-electron chi connectivity index (χ1n) is 7.04. The molecule has 18 heavy (non-hydrogen) atoms. The molecule has 0 aromatic heterocycles. The fraction of sp³-hybridized carbons (Fsp3) is 0.800. The van der Waals surface area contributed by atoms with E-state index in [1.54, 1.807) is 0 Å². The van der Waals surface area contributed by atoms with Crippen molar-refractivity contribution in [2.24, 2.45) is 23.2 Å². The zero-order valence-corrected chi connectivity index (χ0v) is 11.3. The predicted molar refractivity (Wildman–Crippen MR) is 67.7 cm³/mol. The van der Waals surface area contributed by atoms with Crippen molar-refractivity contribution in [3.05, 3.63) is 11.6 Å². The molecule has 6 atom stereocenters. The molecule has 100 valence electrons. The Hall–Kier alpha value is -0.830. The van der Waals surface area contributed by atoms with Crippen LogP contribution in [0.25, 0.3) is 0 Å². The van der Waals surface area contributed by atoms with Gasteiger partial charge in [-0.3, -0.25) is 4.79 Å². The molecule has 0 radical (unpaired) electrons. The van der Waals surface area contributed by atoms with E-state index in [-0.39, 0.29) is 35.4 Å². The second-order valence-corrected chi connectivity index (χ2v) is 6.58. The van der Waals surface area contributed by atoms with E-state index in [2.05, 4.69) is 19.9 Å². The minimum absolute atomic E-state index is 0.0267. The summed E-state index contributed by atoms with van der Waals surface area (Å²) in [6.07, 6.45) is 4.61. The third kappa shape index (κ3) is 1.49.